The Morgan fingerprint density at radius 1 is 1.10 bits per heavy atom. The third kappa shape index (κ3) is 1.86. The van der Waals surface area contributed by atoms with Crippen molar-refractivity contribution in [3.63, 3.8) is 0 Å². The van der Waals surface area contributed by atoms with Gasteiger partial charge >= 0.3 is 69.7 Å². The molecule has 0 saturated heterocycles. The molecular formula is C8H12AsN. The van der Waals surface area contributed by atoms with E-state index in [4.69, 9.17) is 5.73 Å². The van der Waals surface area contributed by atoms with Crippen molar-refractivity contribution < 1.29 is 0 Å². The number of benzene rings is 1. The molecule has 0 bridgehead atoms. The van der Waals surface area contributed by atoms with Crippen LogP contribution in [0.15, 0.2) is 24.3 Å². The predicted molar refractivity (Wildman–Crippen MR) is 46.6 cm³/mol. The van der Waals surface area contributed by atoms with Crippen molar-refractivity contribution in [1.29, 1.82) is 0 Å². The van der Waals surface area contributed by atoms with Crippen molar-refractivity contribution in [3.8, 4) is 0 Å². The first-order valence-electron chi connectivity index (χ1n) is 3.34. The topological polar surface area (TPSA) is 26.0 Å². The molecule has 0 heterocycles. The third-order valence-electron chi connectivity index (χ3n) is 1.49. The molecule has 0 spiro atoms. The van der Waals surface area contributed by atoms with Crippen molar-refractivity contribution in [1.82, 2.24) is 0 Å². The molecule has 1 aromatic carbocycles. The summed E-state index contributed by atoms with van der Waals surface area (Å²) in [7, 11) is 0. The van der Waals surface area contributed by atoms with E-state index in [9.17, 15) is 0 Å². The van der Waals surface area contributed by atoms with Crippen LogP contribution in [0.3, 0.4) is 0 Å². The Hall–Kier alpha value is -0.262. The summed E-state index contributed by atoms with van der Waals surface area (Å²) in [5.74, 6) is 0. The maximum absolute atomic E-state index is 5.45. The van der Waals surface area contributed by atoms with E-state index in [2.05, 4.69) is 24.3 Å². The van der Waals surface area contributed by atoms with E-state index in [1.807, 2.05) is 0 Å². The Morgan fingerprint density at radius 2 is 1.60 bits per heavy atom. The van der Waals surface area contributed by atoms with Gasteiger partial charge in [0.15, 0.2) is 0 Å². The van der Waals surface area contributed by atoms with Gasteiger partial charge in [0, 0.05) is 0 Å². The van der Waals surface area contributed by atoms with Gasteiger partial charge in [-0.3, -0.25) is 0 Å². The number of hydrogen-bond donors (Lipinski definition) is 1. The van der Waals surface area contributed by atoms with Crippen LogP contribution in [-0.2, 0) is 11.8 Å². The number of rotatable bonds is 2. The second-order valence-electron chi connectivity index (χ2n) is 2.22. The zero-order valence-corrected chi connectivity index (χ0v) is 8.30. The molecule has 1 aromatic rings. The average Bonchev–Trinajstić information content (AvgIpc) is 2.05. The van der Waals surface area contributed by atoms with Crippen LogP contribution in [0.4, 0.5) is 0 Å². The van der Waals surface area contributed by atoms with Crippen LogP contribution in [0, 0.1) is 0 Å². The van der Waals surface area contributed by atoms with Crippen molar-refractivity contribution in [2.75, 3.05) is 0 Å². The maximum atomic E-state index is 5.45. The van der Waals surface area contributed by atoms with E-state index in [1.54, 1.807) is 16.9 Å². The van der Waals surface area contributed by atoms with E-state index in [0.717, 1.165) is 5.21 Å². The van der Waals surface area contributed by atoms with Crippen LogP contribution >= 0.6 is 0 Å². The minimum absolute atomic E-state index is 0.648. The first kappa shape index (κ1) is 7.84. The quantitative estimate of drug-likeness (QED) is 0.677. The van der Waals surface area contributed by atoms with Crippen LogP contribution in [0.25, 0.3) is 0 Å². The summed E-state index contributed by atoms with van der Waals surface area (Å²) in [6.45, 7) is 0.648. The molecule has 0 radical (unpaired) electrons. The van der Waals surface area contributed by atoms with Crippen molar-refractivity contribution >= 4 is 16.9 Å². The molecule has 0 aliphatic rings. The molecule has 0 aliphatic carbocycles. The fourth-order valence-electron chi connectivity index (χ4n) is 0.811. The summed E-state index contributed by atoms with van der Waals surface area (Å²) in [4.78, 5) is 0. The summed E-state index contributed by atoms with van der Waals surface area (Å²) in [5.41, 5.74) is 8.06. The molecule has 1 nitrogen and oxygen atoms in total. The molecule has 54 valence electrons. The Kier molecular flexibility index (Phi) is 2.98. The molecule has 1 rings (SSSR count). The molecular weight excluding hydrogens is 185 g/mol. The zero-order valence-electron chi connectivity index (χ0n) is 5.88. The normalized spacial score (nSPS) is 9.80. The first-order valence-corrected chi connectivity index (χ1v) is 5.06. The Morgan fingerprint density at radius 3 is 2.00 bits per heavy atom. The summed E-state index contributed by atoms with van der Waals surface area (Å²) in [5, 5.41) is 1.16. The summed E-state index contributed by atoms with van der Waals surface area (Å²) < 4.78 is 0. The number of nitrogens with two attached hydrogens (primary N) is 1. The Bertz CT molecular complexity index is 170. The van der Waals surface area contributed by atoms with Gasteiger partial charge in [0.2, 0.25) is 0 Å². The molecule has 1 atom stereocenters. The van der Waals surface area contributed by atoms with Crippen molar-refractivity contribution in [3.05, 3.63) is 35.4 Å². The molecule has 2 heteroatoms. The van der Waals surface area contributed by atoms with Gasteiger partial charge in [-0.25, -0.2) is 0 Å². The molecule has 0 saturated carbocycles. The second-order valence-corrected chi connectivity index (χ2v) is 3.08. The van der Waals surface area contributed by atoms with Gasteiger partial charge in [0.1, 0.15) is 0 Å². The van der Waals surface area contributed by atoms with Crippen molar-refractivity contribution in [2.45, 2.75) is 11.8 Å². The predicted octanol–water partition coefficient (Wildman–Crippen LogP) is 0.278. The van der Waals surface area contributed by atoms with E-state index >= 15 is 0 Å². The fraction of sp³-hybridized carbons (Fsp3) is 0.250. The van der Waals surface area contributed by atoms with Gasteiger partial charge < -0.3 is 0 Å². The van der Waals surface area contributed by atoms with Gasteiger partial charge in [-0.15, -0.1) is 0 Å². The van der Waals surface area contributed by atoms with E-state index in [-0.39, 0.29) is 0 Å². The molecule has 0 aromatic heterocycles. The molecule has 1 unspecified atom stereocenters. The Labute approximate surface area is 70.1 Å². The second kappa shape index (κ2) is 3.80. The summed E-state index contributed by atoms with van der Waals surface area (Å²) in [6, 6.07) is 8.47. The van der Waals surface area contributed by atoms with Crippen LogP contribution in [0.1, 0.15) is 11.1 Å². The fourth-order valence-corrected chi connectivity index (χ4v) is 1.38. The van der Waals surface area contributed by atoms with Crippen LogP contribution in [0.5, 0.6) is 0 Å². The zero-order chi connectivity index (χ0) is 7.40. The molecule has 0 amide bonds. The van der Waals surface area contributed by atoms with Gasteiger partial charge in [-0.05, 0) is 0 Å². The van der Waals surface area contributed by atoms with Crippen LogP contribution in [0.2, 0.25) is 0 Å². The van der Waals surface area contributed by atoms with Gasteiger partial charge in [0.25, 0.3) is 0 Å². The van der Waals surface area contributed by atoms with E-state index in [1.165, 1.54) is 11.1 Å². The molecule has 0 aliphatic heterocycles. The standard InChI is InChI=1S/C8H12AsN/c9-5-7-1-3-8(6-10)4-2-7/h1-4H,5-6,9-10H2. The third-order valence-corrected chi connectivity index (χ3v) is 2.48. The van der Waals surface area contributed by atoms with Crippen molar-refractivity contribution in [2.24, 2.45) is 5.73 Å². The monoisotopic (exact) mass is 197 g/mol. The summed E-state index contributed by atoms with van der Waals surface area (Å²) in [6.07, 6.45) is 0. The molecule has 10 heavy (non-hydrogen) atoms. The van der Waals surface area contributed by atoms with Gasteiger partial charge in [0.05, 0.1) is 0 Å². The van der Waals surface area contributed by atoms with E-state index in [0.29, 0.717) is 6.54 Å². The molecule has 2 N–H and O–H groups in total. The van der Waals surface area contributed by atoms with Gasteiger partial charge in [-0.1, -0.05) is 0 Å². The first-order chi connectivity index (χ1) is 4.86. The van der Waals surface area contributed by atoms with Crippen LogP contribution in [-0.4, -0.2) is 16.9 Å². The summed E-state index contributed by atoms with van der Waals surface area (Å²) >= 11 is 1.74. The Balaban J connectivity index is 2.80. The van der Waals surface area contributed by atoms with Gasteiger partial charge in [-0.2, -0.15) is 0 Å². The number of hydrogen-bond acceptors (Lipinski definition) is 1. The van der Waals surface area contributed by atoms with Crippen LogP contribution < -0.4 is 5.73 Å². The average molecular weight is 197 g/mol. The minimum atomic E-state index is 0.648. The van der Waals surface area contributed by atoms with E-state index < -0.39 is 0 Å². The SMILES string of the molecule is NCc1ccc(C[AsH2])cc1. The molecule has 0 fully saturated rings.